The van der Waals surface area contributed by atoms with Crippen LogP contribution in [0.5, 0.6) is 0 Å². The summed E-state index contributed by atoms with van der Waals surface area (Å²) in [6.07, 6.45) is 1.31. The number of pyridine rings is 1. The number of carboxylic acids is 1. The van der Waals surface area contributed by atoms with E-state index in [4.69, 9.17) is 5.11 Å². The fourth-order valence-corrected chi connectivity index (χ4v) is 2.00. The molecule has 0 unspecified atom stereocenters. The van der Waals surface area contributed by atoms with E-state index in [0.29, 0.717) is 4.70 Å². The number of thiazole rings is 1. The molecule has 72 valence electrons. The molecule has 0 aromatic carbocycles. The van der Waals surface area contributed by atoms with Crippen LogP contribution in [-0.2, 0) is 7.05 Å². The first kappa shape index (κ1) is 8.89. The number of fused-ring (bicyclic) bond motifs is 1. The van der Waals surface area contributed by atoms with Gasteiger partial charge in [0.1, 0.15) is 5.52 Å². The third-order valence-corrected chi connectivity index (χ3v) is 2.75. The molecule has 5 nitrogen and oxygen atoms in total. The van der Waals surface area contributed by atoms with Crippen molar-refractivity contribution >= 4 is 27.5 Å². The summed E-state index contributed by atoms with van der Waals surface area (Å²) in [7, 11) is 1.51. The van der Waals surface area contributed by atoms with E-state index in [1.807, 2.05) is 0 Å². The van der Waals surface area contributed by atoms with Gasteiger partial charge < -0.3 is 9.67 Å². The van der Waals surface area contributed by atoms with Crippen LogP contribution in [0.1, 0.15) is 10.4 Å². The molecule has 0 atom stereocenters. The molecular weight excluding hydrogens is 204 g/mol. The Morgan fingerprint density at radius 2 is 2.36 bits per heavy atom. The fourth-order valence-electron chi connectivity index (χ4n) is 1.22. The van der Waals surface area contributed by atoms with E-state index in [-0.39, 0.29) is 16.6 Å². The molecular formula is C8H6N2O3S. The number of carboxylic acid groups (broad SMARTS) is 1. The zero-order chi connectivity index (χ0) is 10.3. The van der Waals surface area contributed by atoms with Gasteiger partial charge in [-0.1, -0.05) is 0 Å². The van der Waals surface area contributed by atoms with Gasteiger partial charge in [0.2, 0.25) is 0 Å². The average Bonchev–Trinajstić information content (AvgIpc) is 2.59. The number of aromatic nitrogens is 2. The van der Waals surface area contributed by atoms with Crippen molar-refractivity contribution in [1.82, 2.24) is 9.55 Å². The zero-order valence-electron chi connectivity index (χ0n) is 7.22. The van der Waals surface area contributed by atoms with Gasteiger partial charge in [0.15, 0.2) is 0 Å². The second-order valence-corrected chi connectivity index (χ2v) is 3.65. The normalized spacial score (nSPS) is 10.6. The SMILES string of the molecule is Cn1cc(C(=O)O)c2scnc2c1=O. The third kappa shape index (κ3) is 1.12. The van der Waals surface area contributed by atoms with Crippen molar-refractivity contribution in [2.45, 2.75) is 0 Å². The Bertz CT molecular complexity index is 569. The highest BCUT2D eigenvalue weighted by Crippen LogP contribution is 2.18. The molecule has 0 saturated heterocycles. The van der Waals surface area contributed by atoms with E-state index >= 15 is 0 Å². The van der Waals surface area contributed by atoms with Gasteiger partial charge in [0.25, 0.3) is 5.56 Å². The second-order valence-electron chi connectivity index (χ2n) is 2.79. The highest BCUT2D eigenvalue weighted by atomic mass is 32.1. The van der Waals surface area contributed by atoms with Gasteiger partial charge >= 0.3 is 5.97 Å². The lowest BCUT2D eigenvalue weighted by molar-refractivity contribution is 0.0698. The Hall–Kier alpha value is -1.69. The number of aryl methyl sites for hydroxylation is 1. The maximum atomic E-state index is 11.5. The van der Waals surface area contributed by atoms with E-state index < -0.39 is 5.97 Å². The zero-order valence-corrected chi connectivity index (χ0v) is 8.04. The maximum Gasteiger partial charge on any atom is 0.338 e. The van der Waals surface area contributed by atoms with E-state index in [9.17, 15) is 9.59 Å². The summed E-state index contributed by atoms with van der Waals surface area (Å²) in [5.74, 6) is -1.05. The largest absolute Gasteiger partial charge is 0.478 e. The van der Waals surface area contributed by atoms with Crippen LogP contribution in [0.3, 0.4) is 0 Å². The quantitative estimate of drug-likeness (QED) is 0.751. The van der Waals surface area contributed by atoms with Crippen LogP contribution in [0.2, 0.25) is 0 Å². The molecule has 6 heteroatoms. The number of hydrogen-bond donors (Lipinski definition) is 1. The highest BCUT2D eigenvalue weighted by molar-refractivity contribution is 7.17. The lowest BCUT2D eigenvalue weighted by Crippen LogP contribution is -2.18. The van der Waals surface area contributed by atoms with Crippen molar-refractivity contribution in [1.29, 1.82) is 0 Å². The number of carbonyl (C=O) groups is 1. The van der Waals surface area contributed by atoms with Crippen LogP contribution in [0.25, 0.3) is 10.2 Å². The number of aromatic carboxylic acids is 1. The van der Waals surface area contributed by atoms with E-state index in [1.165, 1.54) is 23.3 Å². The molecule has 2 rings (SSSR count). The molecule has 0 saturated carbocycles. The van der Waals surface area contributed by atoms with Gasteiger partial charge in [-0.05, 0) is 0 Å². The summed E-state index contributed by atoms with van der Waals surface area (Å²) in [5, 5.41) is 8.88. The van der Waals surface area contributed by atoms with Crippen molar-refractivity contribution in [3.05, 3.63) is 27.6 Å². The minimum atomic E-state index is -1.05. The van der Waals surface area contributed by atoms with Crippen molar-refractivity contribution in [2.75, 3.05) is 0 Å². The Kier molecular flexibility index (Phi) is 1.85. The van der Waals surface area contributed by atoms with Crippen molar-refractivity contribution < 1.29 is 9.90 Å². The van der Waals surface area contributed by atoms with Gasteiger partial charge in [-0.15, -0.1) is 11.3 Å². The second kappa shape index (κ2) is 2.91. The molecule has 2 aromatic rings. The third-order valence-electron chi connectivity index (χ3n) is 1.89. The minimum absolute atomic E-state index is 0.115. The predicted molar refractivity (Wildman–Crippen MR) is 51.8 cm³/mol. The number of nitrogens with zero attached hydrogens (tertiary/aromatic N) is 2. The molecule has 0 spiro atoms. The molecule has 14 heavy (non-hydrogen) atoms. The smallest absolute Gasteiger partial charge is 0.338 e. The monoisotopic (exact) mass is 210 g/mol. The van der Waals surface area contributed by atoms with Crippen LogP contribution in [0, 0.1) is 0 Å². The summed E-state index contributed by atoms with van der Waals surface area (Å²) < 4.78 is 1.66. The lowest BCUT2D eigenvalue weighted by atomic mass is 10.2. The molecule has 0 fully saturated rings. The molecule has 1 N–H and O–H groups in total. The van der Waals surface area contributed by atoms with Crippen molar-refractivity contribution in [2.24, 2.45) is 7.05 Å². The molecule has 0 aliphatic carbocycles. The van der Waals surface area contributed by atoms with Gasteiger partial charge in [0, 0.05) is 13.2 Å². The molecule has 0 bridgehead atoms. The summed E-state index contributed by atoms with van der Waals surface area (Å²) in [6, 6.07) is 0. The molecule has 2 aromatic heterocycles. The average molecular weight is 210 g/mol. The topological polar surface area (TPSA) is 72.2 Å². The summed E-state index contributed by atoms with van der Waals surface area (Å²) in [4.78, 5) is 26.2. The molecule has 0 aliphatic heterocycles. The fraction of sp³-hybridized carbons (Fsp3) is 0.125. The van der Waals surface area contributed by atoms with Gasteiger partial charge in [0.05, 0.1) is 15.8 Å². The summed E-state index contributed by atoms with van der Waals surface area (Å²) in [6.45, 7) is 0. The maximum absolute atomic E-state index is 11.5. The highest BCUT2D eigenvalue weighted by Gasteiger charge is 2.14. The Morgan fingerprint density at radius 1 is 1.64 bits per heavy atom. The van der Waals surface area contributed by atoms with Gasteiger partial charge in [-0.25, -0.2) is 9.78 Å². The standard InChI is InChI=1S/C8H6N2O3S/c1-10-2-4(8(12)13)6-5(7(10)11)9-3-14-6/h2-3H,1H3,(H,12,13). The first-order valence-corrected chi connectivity index (χ1v) is 4.65. The van der Waals surface area contributed by atoms with Crippen LogP contribution >= 0.6 is 11.3 Å². The molecule has 0 radical (unpaired) electrons. The van der Waals surface area contributed by atoms with Crippen molar-refractivity contribution in [3.63, 3.8) is 0 Å². The first-order valence-electron chi connectivity index (χ1n) is 3.77. The van der Waals surface area contributed by atoms with Crippen LogP contribution in [-0.4, -0.2) is 20.6 Å². The molecule has 2 heterocycles. The minimum Gasteiger partial charge on any atom is -0.478 e. The van der Waals surface area contributed by atoms with E-state index in [2.05, 4.69) is 4.98 Å². The Labute approximate surface area is 82.2 Å². The van der Waals surface area contributed by atoms with Crippen LogP contribution in [0.15, 0.2) is 16.5 Å². The molecule has 0 amide bonds. The number of rotatable bonds is 1. The summed E-state index contributed by atoms with van der Waals surface area (Å²) >= 11 is 1.16. The van der Waals surface area contributed by atoms with Gasteiger partial charge in [-0.3, -0.25) is 4.79 Å². The van der Waals surface area contributed by atoms with Crippen molar-refractivity contribution in [3.8, 4) is 0 Å². The Balaban J connectivity index is 2.99. The molecule has 0 aliphatic rings. The van der Waals surface area contributed by atoms with E-state index in [0.717, 1.165) is 11.3 Å². The van der Waals surface area contributed by atoms with Gasteiger partial charge in [-0.2, -0.15) is 0 Å². The Morgan fingerprint density at radius 3 is 3.00 bits per heavy atom. The predicted octanol–water partition coefficient (Wildman–Crippen LogP) is 0.693. The first-order chi connectivity index (χ1) is 6.61. The lowest BCUT2D eigenvalue weighted by Gasteiger charge is -1.99. The van der Waals surface area contributed by atoms with E-state index in [1.54, 1.807) is 0 Å². The number of hydrogen-bond acceptors (Lipinski definition) is 4. The summed E-state index contributed by atoms with van der Waals surface area (Å²) in [5.41, 5.74) is 1.53. The van der Waals surface area contributed by atoms with Crippen LogP contribution in [0.4, 0.5) is 0 Å². The van der Waals surface area contributed by atoms with Crippen LogP contribution < -0.4 is 5.56 Å².